The number of amides is 1. The van der Waals surface area contributed by atoms with Gasteiger partial charge in [-0.05, 0) is 31.9 Å². The smallest absolute Gasteiger partial charge is 0.407 e. The van der Waals surface area contributed by atoms with Gasteiger partial charge in [-0.2, -0.15) is 11.8 Å². The summed E-state index contributed by atoms with van der Waals surface area (Å²) in [5.41, 5.74) is 0. The standard InChI is InChI=1S/C23H41NO8S/c1-18(2)21(25)8-9-22(26)31-16-14-29-12-10-28-11-13-30-15-17-32-23(27)24-19-4-6-20(33-3)7-5-19/h18-20H,4-17H2,1-3H3,(H,24,27). The molecule has 1 saturated carbocycles. The first-order valence-electron chi connectivity index (χ1n) is 11.8. The number of ketones is 1. The minimum absolute atomic E-state index is 0.0569. The Balaban J connectivity index is 1.81. The van der Waals surface area contributed by atoms with Gasteiger partial charge in [0.25, 0.3) is 0 Å². The van der Waals surface area contributed by atoms with Crippen LogP contribution >= 0.6 is 11.8 Å². The highest BCUT2D eigenvalue weighted by Gasteiger charge is 2.22. The molecule has 0 atom stereocenters. The van der Waals surface area contributed by atoms with Crippen LogP contribution in [0.4, 0.5) is 4.79 Å². The summed E-state index contributed by atoms with van der Waals surface area (Å²) in [4.78, 5) is 34.7. The molecule has 9 nitrogen and oxygen atoms in total. The molecule has 0 radical (unpaired) electrons. The molecule has 0 aliphatic heterocycles. The van der Waals surface area contributed by atoms with Crippen LogP contribution in [-0.2, 0) is 33.3 Å². The SMILES string of the molecule is CSC1CCC(NC(=O)OCCOCCOCCOCCOC(=O)CCC(=O)C(C)C)CC1. The largest absolute Gasteiger partial charge is 0.463 e. The summed E-state index contributed by atoms with van der Waals surface area (Å²) in [5.74, 6) is -0.395. The van der Waals surface area contributed by atoms with Gasteiger partial charge in [0.05, 0.1) is 46.1 Å². The molecule has 0 heterocycles. The van der Waals surface area contributed by atoms with Crippen LogP contribution < -0.4 is 5.32 Å². The normalized spacial score (nSPS) is 18.2. The lowest BCUT2D eigenvalue weighted by Gasteiger charge is -2.27. The topological polar surface area (TPSA) is 109 Å². The molecule has 1 amide bonds. The highest BCUT2D eigenvalue weighted by molar-refractivity contribution is 7.99. The minimum atomic E-state index is -0.388. The molecule has 192 valence electrons. The molecule has 1 N–H and O–H groups in total. The fourth-order valence-electron chi connectivity index (χ4n) is 3.19. The molecule has 0 saturated heterocycles. The van der Waals surface area contributed by atoms with E-state index in [-0.39, 0.29) is 62.5 Å². The molecule has 1 aliphatic carbocycles. The van der Waals surface area contributed by atoms with E-state index in [0.717, 1.165) is 25.7 Å². The predicted octanol–water partition coefficient (Wildman–Crippen LogP) is 2.99. The lowest BCUT2D eigenvalue weighted by atomic mass is 9.95. The van der Waals surface area contributed by atoms with E-state index in [1.807, 2.05) is 25.6 Å². The molecule has 0 spiro atoms. The zero-order valence-electron chi connectivity index (χ0n) is 20.3. The first-order valence-corrected chi connectivity index (χ1v) is 13.1. The number of carbonyl (C=O) groups is 3. The van der Waals surface area contributed by atoms with E-state index in [2.05, 4.69) is 11.6 Å². The highest BCUT2D eigenvalue weighted by Crippen LogP contribution is 2.26. The lowest BCUT2D eigenvalue weighted by Crippen LogP contribution is -2.38. The summed E-state index contributed by atoms with van der Waals surface area (Å²) in [5, 5.41) is 3.63. The first-order chi connectivity index (χ1) is 15.9. The van der Waals surface area contributed by atoms with E-state index < -0.39 is 0 Å². The molecule has 0 aromatic rings. The molecule has 1 rings (SSSR count). The number of rotatable bonds is 18. The van der Waals surface area contributed by atoms with Gasteiger partial charge in [0.15, 0.2) is 0 Å². The Morgan fingerprint density at radius 2 is 1.30 bits per heavy atom. The van der Waals surface area contributed by atoms with Crippen molar-refractivity contribution < 1.29 is 38.1 Å². The number of esters is 1. The number of thioether (sulfide) groups is 1. The fourth-order valence-corrected chi connectivity index (χ4v) is 3.93. The van der Waals surface area contributed by atoms with Crippen molar-refractivity contribution in [3.63, 3.8) is 0 Å². The van der Waals surface area contributed by atoms with Gasteiger partial charge in [-0.25, -0.2) is 4.79 Å². The van der Waals surface area contributed by atoms with Gasteiger partial charge in [0, 0.05) is 23.6 Å². The van der Waals surface area contributed by atoms with E-state index >= 15 is 0 Å². The molecular formula is C23H41NO8S. The van der Waals surface area contributed by atoms with Gasteiger partial charge in [0.1, 0.15) is 19.0 Å². The van der Waals surface area contributed by atoms with Crippen molar-refractivity contribution in [1.82, 2.24) is 5.32 Å². The first kappa shape index (κ1) is 29.7. The number of Topliss-reactive ketones (excluding diaryl/α,β-unsaturated/α-hetero) is 1. The average Bonchev–Trinajstić information content (AvgIpc) is 2.80. The Hall–Kier alpha value is -1.36. The van der Waals surface area contributed by atoms with Crippen molar-refractivity contribution in [3.05, 3.63) is 0 Å². The Kier molecular flexibility index (Phi) is 17.1. The van der Waals surface area contributed by atoms with Gasteiger partial charge in [-0.3, -0.25) is 9.59 Å². The molecule has 10 heteroatoms. The summed E-state index contributed by atoms with van der Waals surface area (Å²) < 4.78 is 26.2. The maximum absolute atomic E-state index is 11.8. The average molecular weight is 492 g/mol. The van der Waals surface area contributed by atoms with Crippen LogP contribution in [0.2, 0.25) is 0 Å². The molecule has 33 heavy (non-hydrogen) atoms. The molecule has 1 aliphatic rings. The van der Waals surface area contributed by atoms with Crippen molar-refractivity contribution in [1.29, 1.82) is 0 Å². The quantitative estimate of drug-likeness (QED) is 0.229. The number of hydrogen-bond acceptors (Lipinski definition) is 9. The second-order valence-corrected chi connectivity index (χ2v) is 9.31. The van der Waals surface area contributed by atoms with Crippen molar-refractivity contribution in [3.8, 4) is 0 Å². The van der Waals surface area contributed by atoms with Crippen LogP contribution in [0.3, 0.4) is 0 Å². The van der Waals surface area contributed by atoms with Gasteiger partial charge in [-0.15, -0.1) is 0 Å². The number of carbonyl (C=O) groups excluding carboxylic acids is 3. The van der Waals surface area contributed by atoms with Crippen molar-refractivity contribution in [2.45, 2.75) is 63.7 Å². The second-order valence-electron chi connectivity index (χ2n) is 8.17. The minimum Gasteiger partial charge on any atom is -0.463 e. The summed E-state index contributed by atoms with van der Waals surface area (Å²) in [6.45, 7) is 6.17. The Morgan fingerprint density at radius 3 is 1.82 bits per heavy atom. The van der Waals surface area contributed by atoms with Crippen LogP contribution in [0.5, 0.6) is 0 Å². The summed E-state index contributed by atoms with van der Waals surface area (Å²) in [6, 6.07) is 0.213. The third-order valence-corrected chi connectivity index (χ3v) is 6.38. The van der Waals surface area contributed by atoms with E-state index in [0.29, 0.717) is 38.3 Å². The molecular weight excluding hydrogens is 450 g/mol. The van der Waals surface area contributed by atoms with Crippen LogP contribution in [-0.4, -0.2) is 88.2 Å². The Morgan fingerprint density at radius 1 is 0.788 bits per heavy atom. The Labute approximate surface area is 201 Å². The lowest BCUT2D eigenvalue weighted by molar-refractivity contribution is -0.146. The predicted molar refractivity (Wildman–Crippen MR) is 127 cm³/mol. The number of hydrogen-bond donors (Lipinski definition) is 1. The van der Waals surface area contributed by atoms with E-state index in [9.17, 15) is 14.4 Å². The highest BCUT2D eigenvalue weighted by atomic mass is 32.2. The molecule has 0 aromatic heterocycles. The summed E-state index contributed by atoms with van der Waals surface area (Å²) >= 11 is 1.90. The Bertz CT molecular complexity index is 553. The molecule has 0 aromatic carbocycles. The zero-order chi connectivity index (χ0) is 24.3. The molecule has 1 fully saturated rings. The van der Waals surface area contributed by atoms with E-state index in [1.54, 1.807) is 0 Å². The van der Waals surface area contributed by atoms with Crippen molar-refractivity contribution >= 4 is 29.6 Å². The maximum atomic E-state index is 11.8. The van der Waals surface area contributed by atoms with Gasteiger partial charge in [0.2, 0.25) is 0 Å². The van der Waals surface area contributed by atoms with Crippen LogP contribution in [0.15, 0.2) is 0 Å². The van der Waals surface area contributed by atoms with Gasteiger partial charge in [-0.1, -0.05) is 13.8 Å². The number of ether oxygens (including phenoxy) is 5. The zero-order valence-corrected chi connectivity index (χ0v) is 21.1. The fraction of sp³-hybridized carbons (Fsp3) is 0.870. The molecule has 0 bridgehead atoms. The third kappa shape index (κ3) is 16.0. The van der Waals surface area contributed by atoms with Gasteiger partial charge < -0.3 is 29.0 Å². The van der Waals surface area contributed by atoms with Crippen molar-refractivity contribution in [2.75, 3.05) is 59.1 Å². The third-order valence-electron chi connectivity index (χ3n) is 5.24. The maximum Gasteiger partial charge on any atom is 0.407 e. The number of alkyl carbamates (subject to hydrolysis) is 1. The number of nitrogens with one attached hydrogen (secondary N) is 1. The van der Waals surface area contributed by atoms with Gasteiger partial charge >= 0.3 is 12.1 Å². The van der Waals surface area contributed by atoms with E-state index in [1.165, 1.54) is 0 Å². The summed E-state index contributed by atoms with van der Waals surface area (Å²) in [6.07, 6.45) is 6.35. The molecule has 0 unspecified atom stereocenters. The van der Waals surface area contributed by atoms with Crippen LogP contribution in [0.1, 0.15) is 52.4 Å². The second kappa shape index (κ2) is 19.0. The van der Waals surface area contributed by atoms with Crippen molar-refractivity contribution in [2.24, 2.45) is 5.92 Å². The monoisotopic (exact) mass is 491 g/mol. The van der Waals surface area contributed by atoms with Crippen LogP contribution in [0, 0.1) is 5.92 Å². The van der Waals surface area contributed by atoms with E-state index in [4.69, 9.17) is 23.7 Å². The van der Waals surface area contributed by atoms with Crippen LogP contribution in [0.25, 0.3) is 0 Å². The summed E-state index contributed by atoms with van der Waals surface area (Å²) in [7, 11) is 0.